The van der Waals surface area contributed by atoms with Gasteiger partial charge in [-0.2, -0.15) is 0 Å². The first kappa shape index (κ1) is 10.3. The molecule has 3 heteroatoms. The van der Waals surface area contributed by atoms with E-state index in [1.54, 1.807) is 24.3 Å². The number of phenolic OH excluding ortho intramolecular Hbond substituents is 1. The minimum absolute atomic E-state index is 0.322. The number of phenols is 1. The number of hydrogen-bond acceptors (Lipinski definition) is 3. The summed E-state index contributed by atoms with van der Waals surface area (Å²) in [6, 6.07) is 8.71. The molecule has 0 aliphatic carbocycles. The fourth-order valence-corrected chi connectivity index (χ4v) is 0.428. The fourth-order valence-electron chi connectivity index (χ4n) is 0.428. The van der Waals surface area contributed by atoms with Gasteiger partial charge >= 0.3 is 0 Å². The van der Waals surface area contributed by atoms with E-state index in [2.05, 4.69) is 0 Å². The Morgan fingerprint density at radius 1 is 1.36 bits per heavy atom. The number of hydrogen-bond donors (Lipinski definition) is 2. The van der Waals surface area contributed by atoms with Crippen LogP contribution in [0.25, 0.3) is 0 Å². The molecular formula is C8H13NOS. The molecule has 0 unspecified atom stereocenters. The molecule has 0 fully saturated rings. The molecule has 0 heterocycles. The Hall–Kier alpha value is -0.670. The molecule has 0 aliphatic rings. The highest BCUT2D eigenvalue weighted by molar-refractivity contribution is 7.97. The summed E-state index contributed by atoms with van der Waals surface area (Å²) < 4.78 is 0. The molecule has 0 atom stereocenters. The van der Waals surface area contributed by atoms with Gasteiger partial charge < -0.3 is 5.11 Å². The van der Waals surface area contributed by atoms with Gasteiger partial charge in [0.1, 0.15) is 5.75 Å². The zero-order valence-electron chi connectivity index (χ0n) is 6.53. The minimum Gasteiger partial charge on any atom is -0.508 e. The largest absolute Gasteiger partial charge is 0.508 e. The molecule has 1 aromatic carbocycles. The lowest BCUT2D eigenvalue weighted by molar-refractivity contribution is 0.475. The van der Waals surface area contributed by atoms with E-state index in [1.807, 2.05) is 13.0 Å². The highest BCUT2D eigenvalue weighted by atomic mass is 32.2. The Balaban J connectivity index is 0.000000218. The molecule has 2 nitrogen and oxygen atoms in total. The smallest absolute Gasteiger partial charge is 0.115 e. The summed E-state index contributed by atoms with van der Waals surface area (Å²) in [5, 5.41) is 13.6. The standard InChI is InChI=1S/C6H6O.C2H7NS/c7-6-4-2-1-3-5-6;1-2-4-3/h1-5,7H;2-3H2,1H3. The van der Waals surface area contributed by atoms with Crippen molar-refractivity contribution in [3.63, 3.8) is 0 Å². The van der Waals surface area contributed by atoms with E-state index in [-0.39, 0.29) is 0 Å². The first-order chi connectivity index (χ1) is 5.31. The highest BCUT2D eigenvalue weighted by Crippen LogP contribution is 2.02. The second-order valence-electron chi connectivity index (χ2n) is 1.79. The van der Waals surface area contributed by atoms with Crippen LogP contribution in [0.5, 0.6) is 5.75 Å². The van der Waals surface area contributed by atoms with Crippen molar-refractivity contribution in [1.82, 2.24) is 0 Å². The predicted molar refractivity (Wildman–Crippen MR) is 50.4 cm³/mol. The maximum absolute atomic E-state index is 8.63. The van der Waals surface area contributed by atoms with Gasteiger partial charge in [-0.3, -0.25) is 5.14 Å². The van der Waals surface area contributed by atoms with Crippen molar-refractivity contribution in [3.8, 4) is 5.75 Å². The van der Waals surface area contributed by atoms with Gasteiger partial charge in [-0.15, -0.1) is 0 Å². The first-order valence-electron chi connectivity index (χ1n) is 3.37. The maximum Gasteiger partial charge on any atom is 0.115 e. The van der Waals surface area contributed by atoms with E-state index < -0.39 is 0 Å². The normalized spacial score (nSPS) is 8.18. The van der Waals surface area contributed by atoms with E-state index in [1.165, 1.54) is 11.9 Å². The molecule has 11 heavy (non-hydrogen) atoms. The maximum atomic E-state index is 8.63. The van der Waals surface area contributed by atoms with Gasteiger partial charge in [0.2, 0.25) is 0 Å². The van der Waals surface area contributed by atoms with Crippen LogP contribution in [0.4, 0.5) is 0 Å². The zero-order valence-corrected chi connectivity index (χ0v) is 7.34. The average molecular weight is 171 g/mol. The van der Waals surface area contributed by atoms with Crippen LogP contribution in [0, 0.1) is 0 Å². The molecule has 0 radical (unpaired) electrons. The predicted octanol–water partition coefficient (Wildman–Crippen LogP) is 2.01. The summed E-state index contributed by atoms with van der Waals surface area (Å²) in [6.07, 6.45) is 0. The molecule has 62 valence electrons. The van der Waals surface area contributed by atoms with Crippen molar-refractivity contribution in [2.75, 3.05) is 5.75 Å². The molecule has 0 amide bonds. The Labute approximate surface area is 71.6 Å². The first-order valence-corrected chi connectivity index (χ1v) is 4.41. The summed E-state index contributed by atoms with van der Waals surface area (Å²) in [5.74, 6) is 1.34. The van der Waals surface area contributed by atoms with Crippen LogP contribution in [-0.2, 0) is 0 Å². The molecule has 0 spiro atoms. The Morgan fingerprint density at radius 2 is 1.82 bits per heavy atom. The molecule has 0 aliphatic heterocycles. The number of para-hydroxylation sites is 1. The van der Waals surface area contributed by atoms with Crippen LogP contribution >= 0.6 is 11.9 Å². The summed E-state index contributed by atoms with van der Waals surface area (Å²) in [4.78, 5) is 0. The van der Waals surface area contributed by atoms with Crippen molar-refractivity contribution in [1.29, 1.82) is 0 Å². The Kier molecular flexibility index (Phi) is 6.98. The van der Waals surface area contributed by atoms with Gasteiger partial charge in [-0.05, 0) is 12.1 Å². The third kappa shape index (κ3) is 7.22. The number of rotatable bonds is 1. The second-order valence-corrected chi connectivity index (χ2v) is 2.70. The van der Waals surface area contributed by atoms with E-state index in [0.29, 0.717) is 5.75 Å². The van der Waals surface area contributed by atoms with Crippen LogP contribution < -0.4 is 5.14 Å². The van der Waals surface area contributed by atoms with E-state index >= 15 is 0 Å². The molecule has 3 N–H and O–H groups in total. The molecule has 0 bridgehead atoms. The monoisotopic (exact) mass is 171 g/mol. The van der Waals surface area contributed by atoms with Crippen LogP contribution in [-0.4, -0.2) is 10.9 Å². The quantitative estimate of drug-likeness (QED) is 0.635. The Bertz CT molecular complexity index is 165. The van der Waals surface area contributed by atoms with Crippen molar-refractivity contribution >= 4 is 11.9 Å². The topological polar surface area (TPSA) is 46.2 Å². The van der Waals surface area contributed by atoms with E-state index in [9.17, 15) is 0 Å². The summed E-state index contributed by atoms with van der Waals surface area (Å²) >= 11 is 1.36. The number of aromatic hydroxyl groups is 1. The van der Waals surface area contributed by atoms with E-state index in [4.69, 9.17) is 10.2 Å². The molecule has 0 saturated heterocycles. The lowest BCUT2D eigenvalue weighted by Gasteiger charge is -1.82. The molecule has 1 rings (SSSR count). The van der Waals surface area contributed by atoms with Crippen LogP contribution in [0.3, 0.4) is 0 Å². The van der Waals surface area contributed by atoms with Gasteiger partial charge in [0.25, 0.3) is 0 Å². The van der Waals surface area contributed by atoms with Gasteiger partial charge in [0.15, 0.2) is 0 Å². The van der Waals surface area contributed by atoms with Crippen LogP contribution in [0.2, 0.25) is 0 Å². The van der Waals surface area contributed by atoms with Gasteiger partial charge in [-0.1, -0.05) is 37.1 Å². The molecular weight excluding hydrogens is 158 g/mol. The van der Waals surface area contributed by atoms with Crippen LogP contribution in [0.1, 0.15) is 6.92 Å². The second kappa shape index (κ2) is 7.44. The lowest BCUT2D eigenvalue weighted by Crippen LogP contribution is -1.74. The van der Waals surface area contributed by atoms with Crippen molar-refractivity contribution < 1.29 is 5.11 Å². The van der Waals surface area contributed by atoms with Crippen molar-refractivity contribution in [3.05, 3.63) is 30.3 Å². The summed E-state index contributed by atoms with van der Waals surface area (Å²) in [6.45, 7) is 2.02. The molecule has 1 aromatic rings. The van der Waals surface area contributed by atoms with Gasteiger partial charge in [0, 0.05) is 5.75 Å². The van der Waals surface area contributed by atoms with Crippen molar-refractivity contribution in [2.24, 2.45) is 5.14 Å². The zero-order chi connectivity index (χ0) is 8.53. The van der Waals surface area contributed by atoms with Crippen molar-refractivity contribution in [2.45, 2.75) is 6.92 Å². The number of benzene rings is 1. The fraction of sp³-hybridized carbons (Fsp3) is 0.250. The third-order valence-electron chi connectivity index (χ3n) is 0.923. The lowest BCUT2D eigenvalue weighted by atomic mass is 10.3. The van der Waals surface area contributed by atoms with E-state index in [0.717, 1.165) is 5.75 Å². The molecule has 0 saturated carbocycles. The Morgan fingerprint density at radius 3 is 2.00 bits per heavy atom. The third-order valence-corrected chi connectivity index (χ3v) is 1.26. The number of nitrogens with two attached hydrogens (primary N) is 1. The van der Waals surface area contributed by atoms with Gasteiger partial charge in [0.05, 0.1) is 0 Å². The summed E-state index contributed by atoms with van der Waals surface area (Å²) in [5.41, 5.74) is 0. The SMILES string of the molecule is CCSN.Oc1ccccc1. The minimum atomic E-state index is 0.322. The molecule has 0 aromatic heterocycles. The average Bonchev–Trinajstić information content (AvgIpc) is 2.07. The van der Waals surface area contributed by atoms with Gasteiger partial charge in [-0.25, -0.2) is 0 Å². The summed E-state index contributed by atoms with van der Waals surface area (Å²) in [7, 11) is 0. The highest BCUT2D eigenvalue weighted by Gasteiger charge is 1.74. The van der Waals surface area contributed by atoms with Crippen LogP contribution in [0.15, 0.2) is 30.3 Å².